The van der Waals surface area contributed by atoms with E-state index in [1.807, 2.05) is 6.92 Å². The second kappa shape index (κ2) is 5.93. The number of nitrogens with zero attached hydrogens (tertiary/aromatic N) is 2. The van der Waals surface area contributed by atoms with E-state index in [1.54, 1.807) is 18.2 Å². The zero-order valence-corrected chi connectivity index (χ0v) is 14.5. The van der Waals surface area contributed by atoms with Crippen LogP contribution in [0.4, 0.5) is 0 Å². The van der Waals surface area contributed by atoms with Crippen molar-refractivity contribution in [2.45, 2.75) is 32.2 Å². The molecule has 1 N–H and O–H groups in total. The van der Waals surface area contributed by atoms with Crippen molar-refractivity contribution >= 4 is 23.7 Å². The Hall–Kier alpha value is -2.70. The van der Waals surface area contributed by atoms with Crippen molar-refractivity contribution in [3.63, 3.8) is 0 Å². The Morgan fingerprint density at radius 2 is 1.88 bits per heavy atom. The lowest BCUT2D eigenvalue weighted by molar-refractivity contribution is -0.149. The van der Waals surface area contributed by atoms with Crippen molar-refractivity contribution < 1.29 is 24.3 Å². The number of carbonyl (C=O) groups excluding carboxylic acids is 3. The molecule has 7 nitrogen and oxygen atoms in total. The molecule has 1 aromatic carbocycles. The zero-order chi connectivity index (χ0) is 18.6. The van der Waals surface area contributed by atoms with Crippen molar-refractivity contribution in [1.29, 1.82) is 0 Å². The number of fused-ring (bicyclic) bond motifs is 2. The second-order valence-corrected chi connectivity index (χ2v) is 7.43. The highest BCUT2D eigenvalue weighted by Crippen LogP contribution is 2.42. The highest BCUT2D eigenvalue weighted by molar-refractivity contribution is 6.22. The van der Waals surface area contributed by atoms with Gasteiger partial charge in [0.25, 0.3) is 11.8 Å². The molecule has 3 atom stereocenters. The number of hydrogen-bond acceptors (Lipinski definition) is 4. The molecule has 1 aliphatic carbocycles. The molecule has 2 fully saturated rings. The van der Waals surface area contributed by atoms with Gasteiger partial charge in [-0.3, -0.25) is 19.3 Å². The van der Waals surface area contributed by atoms with Crippen LogP contribution in [0.15, 0.2) is 18.2 Å². The summed E-state index contributed by atoms with van der Waals surface area (Å²) in [6.07, 6.45) is 2.71. The monoisotopic (exact) mass is 356 g/mol. The highest BCUT2D eigenvalue weighted by atomic mass is 16.4. The van der Waals surface area contributed by atoms with Crippen LogP contribution in [0.5, 0.6) is 0 Å². The summed E-state index contributed by atoms with van der Waals surface area (Å²) in [6, 6.07) is 4.13. The number of imide groups is 1. The second-order valence-electron chi connectivity index (χ2n) is 7.43. The third kappa shape index (κ3) is 2.41. The van der Waals surface area contributed by atoms with E-state index in [1.165, 1.54) is 4.90 Å². The van der Waals surface area contributed by atoms with E-state index in [4.69, 9.17) is 0 Å². The first kappa shape index (κ1) is 16.8. The van der Waals surface area contributed by atoms with Crippen molar-refractivity contribution in [1.82, 2.24) is 9.80 Å². The van der Waals surface area contributed by atoms with Crippen LogP contribution in [0.25, 0.3) is 0 Å². The molecular formula is C19H20N2O5. The van der Waals surface area contributed by atoms with Gasteiger partial charge < -0.3 is 10.0 Å². The first-order valence-corrected chi connectivity index (χ1v) is 8.87. The number of likely N-dealkylation sites (tertiary alicyclic amines) is 1. The number of amides is 3. The Labute approximate surface area is 150 Å². The number of aryl methyl sites for hydroxylation is 1. The minimum Gasteiger partial charge on any atom is -0.480 e. The highest BCUT2D eigenvalue weighted by Gasteiger charge is 2.50. The van der Waals surface area contributed by atoms with Gasteiger partial charge in [-0.25, -0.2) is 4.79 Å². The molecule has 2 heterocycles. The smallest absolute Gasteiger partial charge is 0.326 e. The summed E-state index contributed by atoms with van der Waals surface area (Å²) in [5.74, 6) is -2.30. The van der Waals surface area contributed by atoms with Gasteiger partial charge in [-0.05, 0) is 43.7 Å². The maximum Gasteiger partial charge on any atom is 0.326 e. The van der Waals surface area contributed by atoms with Gasteiger partial charge in [0.1, 0.15) is 12.6 Å². The Morgan fingerprint density at radius 1 is 1.15 bits per heavy atom. The summed E-state index contributed by atoms with van der Waals surface area (Å²) in [5, 5.41) is 9.58. The van der Waals surface area contributed by atoms with Crippen LogP contribution in [0.3, 0.4) is 0 Å². The molecule has 4 rings (SSSR count). The third-order valence-electron chi connectivity index (χ3n) is 5.88. The van der Waals surface area contributed by atoms with Crippen molar-refractivity contribution in [3.8, 4) is 0 Å². The van der Waals surface area contributed by atoms with Crippen molar-refractivity contribution in [2.24, 2.45) is 11.8 Å². The fraction of sp³-hybridized carbons (Fsp3) is 0.474. The Morgan fingerprint density at radius 3 is 2.62 bits per heavy atom. The van der Waals surface area contributed by atoms with E-state index in [0.717, 1.165) is 29.7 Å². The Kier molecular flexibility index (Phi) is 3.82. The first-order valence-electron chi connectivity index (χ1n) is 8.87. The molecule has 1 saturated heterocycles. The van der Waals surface area contributed by atoms with E-state index in [-0.39, 0.29) is 11.8 Å². The Bertz CT molecular complexity index is 833. The molecule has 2 aliphatic heterocycles. The SMILES string of the molecule is Cc1ccc2c(c1)C(=O)N(CC(=O)N1CC3CCCC3C1C(=O)O)C2=O. The van der Waals surface area contributed by atoms with Crippen LogP contribution in [-0.2, 0) is 9.59 Å². The summed E-state index contributed by atoms with van der Waals surface area (Å²) in [6.45, 7) is 1.81. The number of carboxylic acids is 1. The molecule has 26 heavy (non-hydrogen) atoms. The van der Waals surface area contributed by atoms with Crippen LogP contribution < -0.4 is 0 Å². The van der Waals surface area contributed by atoms with Gasteiger partial charge in [-0.2, -0.15) is 0 Å². The topological polar surface area (TPSA) is 95.0 Å². The quantitative estimate of drug-likeness (QED) is 0.824. The number of hydrogen-bond donors (Lipinski definition) is 1. The van der Waals surface area contributed by atoms with Crippen LogP contribution in [0.1, 0.15) is 45.5 Å². The van der Waals surface area contributed by atoms with E-state index in [2.05, 4.69) is 0 Å². The molecule has 3 amide bonds. The maximum absolute atomic E-state index is 12.8. The summed E-state index contributed by atoms with van der Waals surface area (Å²) in [5.41, 5.74) is 1.45. The summed E-state index contributed by atoms with van der Waals surface area (Å²) < 4.78 is 0. The molecule has 0 spiro atoms. The number of rotatable bonds is 3. The van der Waals surface area contributed by atoms with Gasteiger partial charge in [0.05, 0.1) is 11.1 Å². The molecule has 0 bridgehead atoms. The third-order valence-corrected chi connectivity index (χ3v) is 5.88. The van der Waals surface area contributed by atoms with E-state index < -0.39 is 36.3 Å². The summed E-state index contributed by atoms with van der Waals surface area (Å²) >= 11 is 0. The predicted molar refractivity (Wildman–Crippen MR) is 90.5 cm³/mol. The lowest BCUT2D eigenvalue weighted by atomic mass is 9.94. The fourth-order valence-electron chi connectivity index (χ4n) is 4.65. The molecule has 1 saturated carbocycles. The molecule has 0 radical (unpaired) electrons. The van der Waals surface area contributed by atoms with Crippen LogP contribution in [0.2, 0.25) is 0 Å². The average Bonchev–Trinajstić information content (AvgIpc) is 3.23. The van der Waals surface area contributed by atoms with Crippen LogP contribution in [0, 0.1) is 18.8 Å². The van der Waals surface area contributed by atoms with Gasteiger partial charge in [0, 0.05) is 6.54 Å². The Balaban J connectivity index is 1.55. The van der Waals surface area contributed by atoms with Gasteiger partial charge in [0.2, 0.25) is 5.91 Å². The predicted octanol–water partition coefficient (Wildman–Crippen LogP) is 1.30. The van der Waals surface area contributed by atoms with E-state index in [0.29, 0.717) is 17.7 Å². The number of benzene rings is 1. The molecule has 1 aromatic rings. The first-order chi connectivity index (χ1) is 12.4. The van der Waals surface area contributed by atoms with Crippen molar-refractivity contribution in [2.75, 3.05) is 13.1 Å². The maximum atomic E-state index is 12.8. The zero-order valence-electron chi connectivity index (χ0n) is 14.5. The van der Waals surface area contributed by atoms with Gasteiger partial charge in [-0.15, -0.1) is 0 Å². The van der Waals surface area contributed by atoms with E-state index >= 15 is 0 Å². The fourth-order valence-corrected chi connectivity index (χ4v) is 4.65. The van der Waals surface area contributed by atoms with Crippen LogP contribution in [-0.4, -0.2) is 57.7 Å². The number of carboxylic acid groups (broad SMARTS) is 1. The van der Waals surface area contributed by atoms with Gasteiger partial charge >= 0.3 is 5.97 Å². The minimum atomic E-state index is -1.01. The van der Waals surface area contributed by atoms with Gasteiger partial charge in [0.15, 0.2) is 0 Å². The molecular weight excluding hydrogens is 336 g/mol. The lowest BCUT2D eigenvalue weighted by Gasteiger charge is -2.26. The number of carbonyl (C=O) groups is 4. The van der Waals surface area contributed by atoms with Crippen molar-refractivity contribution in [3.05, 3.63) is 34.9 Å². The average molecular weight is 356 g/mol. The van der Waals surface area contributed by atoms with Gasteiger partial charge in [-0.1, -0.05) is 18.1 Å². The normalized spacial score (nSPS) is 27.0. The summed E-state index contributed by atoms with van der Waals surface area (Å²) in [7, 11) is 0. The molecule has 0 aromatic heterocycles. The largest absolute Gasteiger partial charge is 0.480 e. The molecule has 3 aliphatic rings. The molecule has 3 unspecified atom stereocenters. The van der Waals surface area contributed by atoms with E-state index in [9.17, 15) is 24.3 Å². The minimum absolute atomic E-state index is 0.0266. The molecule has 136 valence electrons. The lowest BCUT2D eigenvalue weighted by Crippen LogP contribution is -2.48. The summed E-state index contributed by atoms with van der Waals surface area (Å²) in [4.78, 5) is 51.8. The standard InChI is InChI=1S/C19H20N2O5/c1-10-5-6-13-14(7-10)18(24)21(17(13)23)9-15(22)20-8-11-3-2-4-12(11)16(20)19(25)26/h5-7,11-12,16H,2-4,8-9H2,1H3,(H,25,26). The molecule has 7 heteroatoms. The number of aliphatic carboxylic acids is 1. The van der Waals surface area contributed by atoms with Crippen LogP contribution >= 0.6 is 0 Å².